The molecule has 0 heterocycles. The van der Waals surface area contributed by atoms with E-state index in [0.717, 1.165) is 24.9 Å². The first-order valence-corrected chi connectivity index (χ1v) is 8.09. The fraction of sp³-hybridized carbons (Fsp3) is 0.667. The largest absolute Gasteiger partial charge is 0.384 e. The highest BCUT2D eigenvalue weighted by molar-refractivity contribution is 5.42. The molecule has 0 aromatic heterocycles. The molecule has 0 aliphatic rings. The lowest BCUT2D eigenvalue weighted by Gasteiger charge is -2.24. The van der Waals surface area contributed by atoms with Crippen molar-refractivity contribution in [3.63, 3.8) is 0 Å². The number of hydrogen-bond acceptors (Lipinski definition) is 2. The molecule has 0 unspecified atom stereocenters. The number of nitrogens with one attached hydrogen (secondary N) is 1. The summed E-state index contributed by atoms with van der Waals surface area (Å²) in [5, 5.41) is 3.51. The van der Waals surface area contributed by atoms with Crippen LogP contribution in [0.25, 0.3) is 0 Å². The van der Waals surface area contributed by atoms with Gasteiger partial charge in [0.1, 0.15) is 0 Å². The highest BCUT2D eigenvalue weighted by Crippen LogP contribution is 2.08. The van der Waals surface area contributed by atoms with Gasteiger partial charge in [-0.1, -0.05) is 45.9 Å². The molecule has 1 aromatic rings. The summed E-state index contributed by atoms with van der Waals surface area (Å²) in [6.07, 6.45) is 2.59. The van der Waals surface area contributed by atoms with Crippen LogP contribution in [0.5, 0.6) is 0 Å². The van der Waals surface area contributed by atoms with E-state index in [4.69, 9.17) is 0 Å². The van der Waals surface area contributed by atoms with Gasteiger partial charge in [-0.15, -0.1) is 0 Å². The number of para-hydroxylation sites is 1. The van der Waals surface area contributed by atoms with Crippen molar-refractivity contribution in [3.05, 3.63) is 30.3 Å². The van der Waals surface area contributed by atoms with E-state index in [-0.39, 0.29) is 0 Å². The van der Waals surface area contributed by atoms with Crippen LogP contribution >= 0.6 is 0 Å². The van der Waals surface area contributed by atoms with E-state index >= 15 is 0 Å². The van der Waals surface area contributed by atoms with Gasteiger partial charge >= 0.3 is 0 Å². The van der Waals surface area contributed by atoms with Gasteiger partial charge in [0.15, 0.2) is 0 Å². The zero-order chi connectivity index (χ0) is 14.8. The van der Waals surface area contributed by atoms with Crippen LogP contribution in [0.1, 0.15) is 40.5 Å². The van der Waals surface area contributed by atoms with Crippen LogP contribution in [0, 0.1) is 11.8 Å². The molecule has 0 fully saturated rings. The Kier molecular flexibility index (Phi) is 8.36. The lowest BCUT2D eigenvalue weighted by molar-refractivity contribution is 0.252. The molecule has 0 aliphatic carbocycles. The van der Waals surface area contributed by atoms with Crippen LogP contribution < -0.4 is 5.32 Å². The van der Waals surface area contributed by atoms with E-state index in [9.17, 15) is 0 Å². The summed E-state index contributed by atoms with van der Waals surface area (Å²) in [5.74, 6) is 1.58. The zero-order valence-corrected chi connectivity index (χ0v) is 13.7. The van der Waals surface area contributed by atoms with E-state index in [2.05, 4.69) is 68.2 Å². The average molecular weight is 276 g/mol. The van der Waals surface area contributed by atoms with Crippen molar-refractivity contribution in [1.82, 2.24) is 4.90 Å². The van der Waals surface area contributed by atoms with Crippen molar-refractivity contribution in [2.24, 2.45) is 11.8 Å². The molecule has 0 amide bonds. The van der Waals surface area contributed by atoms with Crippen LogP contribution in [0.4, 0.5) is 5.69 Å². The van der Waals surface area contributed by atoms with E-state index in [1.807, 2.05) is 0 Å². The number of benzene rings is 1. The first-order valence-electron chi connectivity index (χ1n) is 8.09. The Morgan fingerprint density at radius 3 is 1.90 bits per heavy atom. The average Bonchev–Trinajstić information content (AvgIpc) is 2.42. The van der Waals surface area contributed by atoms with E-state index in [0.29, 0.717) is 0 Å². The van der Waals surface area contributed by atoms with Gasteiger partial charge in [-0.25, -0.2) is 0 Å². The summed E-state index contributed by atoms with van der Waals surface area (Å²) in [5.41, 5.74) is 1.22. The summed E-state index contributed by atoms with van der Waals surface area (Å²) in [6, 6.07) is 10.5. The SMILES string of the molecule is CC(C)CCN(CCNc1ccccc1)CCC(C)C. The topological polar surface area (TPSA) is 15.3 Å². The predicted molar refractivity (Wildman–Crippen MR) is 90.3 cm³/mol. The van der Waals surface area contributed by atoms with Gasteiger partial charge in [0.2, 0.25) is 0 Å². The molecule has 0 radical (unpaired) electrons. The molecule has 114 valence electrons. The Labute approximate surface area is 125 Å². The molecule has 0 saturated heterocycles. The molecule has 2 nitrogen and oxygen atoms in total. The van der Waals surface area contributed by atoms with Gasteiger partial charge in [-0.2, -0.15) is 0 Å². The van der Waals surface area contributed by atoms with E-state index in [1.165, 1.54) is 31.6 Å². The Morgan fingerprint density at radius 1 is 0.850 bits per heavy atom. The molecule has 1 N–H and O–H groups in total. The van der Waals surface area contributed by atoms with Crippen LogP contribution in [-0.4, -0.2) is 31.1 Å². The maximum absolute atomic E-state index is 3.51. The molecule has 0 spiro atoms. The molecule has 2 heteroatoms. The standard InChI is InChI=1S/C18H32N2/c1-16(2)10-13-20(14-11-17(3)4)15-12-19-18-8-6-5-7-9-18/h5-9,16-17,19H,10-15H2,1-4H3. The van der Waals surface area contributed by atoms with Crippen molar-refractivity contribution in [2.45, 2.75) is 40.5 Å². The van der Waals surface area contributed by atoms with Crippen molar-refractivity contribution < 1.29 is 0 Å². The van der Waals surface area contributed by atoms with E-state index < -0.39 is 0 Å². The highest BCUT2D eigenvalue weighted by atomic mass is 15.1. The lowest BCUT2D eigenvalue weighted by atomic mass is 10.1. The third-order valence-corrected chi connectivity index (χ3v) is 3.58. The zero-order valence-electron chi connectivity index (χ0n) is 13.7. The van der Waals surface area contributed by atoms with Crippen molar-refractivity contribution in [1.29, 1.82) is 0 Å². The van der Waals surface area contributed by atoms with E-state index in [1.54, 1.807) is 0 Å². The summed E-state index contributed by atoms with van der Waals surface area (Å²) in [6.45, 7) is 13.8. The van der Waals surface area contributed by atoms with Gasteiger partial charge in [-0.3, -0.25) is 0 Å². The Morgan fingerprint density at radius 2 is 1.40 bits per heavy atom. The Bertz CT molecular complexity index is 321. The third-order valence-electron chi connectivity index (χ3n) is 3.58. The van der Waals surface area contributed by atoms with Gasteiger partial charge in [-0.05, 0) is 49.9 Å². The molecule has 0 atom stereocenters. The van der Waals surface area contributed by atoms with Crippen molar-refractivity contribution >= 4 is 5.69 Å². The third kappa shape index (κ3) is 8.21. The van der Waals surface area contributed by atoms with Gasteiger partial charge in [0.05, 0.1) is 0 Å². The summed E-state index contributed by atoms with van der Waals surface area (Å²) >= 11 is 0. The quantitative estimate of drug-likeness (QED) is 0.677. The van der Waals surface area contributed by atoms with Crippen LogP contribution in [0.2, 0.25) is 0 Å². The number of nitrogens with zero attached hydrogens (tertiary/aromatic N) is 1. The molecule has 0 bridgehead atoms. The molecule has 0 saturated carbocycles. The molecule has 20 heavy (non-hydrogen) atoms. The molecule has 1 rings (SSSR count). The summed E-state index contributed by atoms with van der Waals surface area (Å²) < 4.78 is 0. The smallest absolute Gasteiger partial charge is 0.0340 e. The normalized spacial score (nSPS) is 11.6. The molecular formula is C18H32N2. The first kappa shape index (κ1) is 17.0. The predicted octanol–water partition coefficient (Wildman–Crippen LogP) is 4.49. The second kappa shape index (κ2) is 9.82. The minimum absolute atomic E-state index is 0.790. The minimum atomic E-state index is 0.790. The second-order valence-electron chi connectivity index (χ2n) is 6.50. The maximum atomic E-state index is 3.51. The van der Waals surface area contributed by atoms with Gasteiger partial charge < -0.3 is 10.2 Å². The number of rotatable bonds is 10. The summed E-state index contributed by atoms with van der Waals surface area (Å²) in [7, 11) is 0. The minimum Gasteiger partial charge on any atom is -0.384 e. The summed E-state index contributed by atoms with van der Waals surface area (Å²) in [4.78, 5) is 2.61. The van der Waals surface area contributed by atoms with Crippen LogP contribution in [-0.2, 0) is 0 Å². The Hall–Kier alpha value is -1.02. The molecule has 0 aliphatic heterocycles. The van der Waals surface area contributed by atoms with Gasteiger partial charge in [0.25, 0.3) is 0 Å². The number of hydrogen-bond donors (Lipinski definition) is 1. The van der Waals surface area contributed by atoms with Crippen molar-refractivity contribution in [2.75, 3.05) is 31.5 Å². The lowest BCUT2D eigenvalue weighted by Crippen LogP contribution is -2.32. The second-order valence-corrected chi connectivity index (χ2v) is 6.50. The fourth-order valence-corrected chi connectivity index (χ4v) is 2.13. The highest BCUT2D eigenvalue weighted by Gasteiger charge is 2.07. The molecule has 1 aromatic carbocycles. The van der Waals surface area contributed by atoms with Gasteiger partial charge in [0, 0.05) is 18.8 Å². The maximum Gasteiger partial charge on any atom is 0.0340 e. The number of anilines is 1. The Balaban J connectivity index is 2.31. The van der Waals surface area contributed by atoms with Crippen LogP contribution in [0.3, 0.4) is 0 Å². The first-order chi connectivity index (χ1) is 9.58. The van der Waals surface area contributed by atoms with Crippen LogP contribution in [0.15, 0.2) is 30.3 Å². The molecular weight excluding hydrogens is 244 g/mol. The monoisotopic (exact) mass is 276 g/mol. The fourth-order valence-electron chi connectivity index (χ4n) is 2.13. The van der Waals surface area contributed by atoms with Crippen molar-refractivity contribution in [3.8, 4) is 0 Å².